The van der Waals surface area contributed by atoms with E-state index in [4.69, 9.17) is 10.2 Å². The zero-order chi connectivity index (χ0) is 21.0. The van der Waals surface area contributed by atoms with Crippen LogP contribution in [0.25, 0.3) is 22.2 Å². The van der Waals surface area contributed by atoms with Gasteiger partial charge in [-0.2, -0.15) is 5.26 Å². The Kier molecular flexibility index (Phi) is 6.12. The maximum absolute atomic E-state index is 11.8. The number of hydrogen-bond donors (Lipinski definition) is 3. The van der Waals surface area contributed by atoms with Gasteiger partial charge in [-0.05, 0) is 28.8 Å². The third kappa shape index (κ3) is 4.71. The molecule has 0 saturated heterocycles. The second-order valence-electron chi connectivity index (χ2n) is 6.85. The minimum atomic E-state index is -0.916. The Balaban J connectivity index is 1.71. The number of nitrogens with two attached hydrogens (primary N) is 1. The van der Waals surface area contributed by atoms with Crippen molar-refractivity contribution in [2.24, 2.45) is 12.8 Å². The summed E-state index contributed by atoms with van der Waals surface area (Å²) in [6.07, 6.45) is -0.705. The van der Waals surface area contributed by atoms with E-state index in [0.717, 1.165) is 16.7 Å². The number of nitrogens with one attached hydrogen (secondary N) is 1. The number of carbonyl (C=O) groups excluding carboxylic acids is 1. The van der Waals surface area contributed by atoms with E-state index in [1.807, 2.05) is 36.4 Å². The molecule has 150 valence electrons. The highest BCUT2D eigenvalue weighted by Crippen LogP contribution is 2.24. The molecular weight excluding hydrogens is 372 g/mol. The highest BCUT2D eigenvalue weighted by atomic mass is 16.4. The van der Waals surface area contributed by atoms with E-state index < -0.39 is 23.8 Å². The lowest BCUT2D eigenvalue weighted by atomic mass is 10.0. The third-order valence-corrected chi connectivity index (χ3v) is 4.70. The van der Waals surface area contributed by atoms with E-state index in [1.54, 1.807) is 13.1 Å². The standard InChI is InChI=1S/C21H22N4O4/c1-25-18-9-15(6-7-19(18)29-21(25)28)14-4-2-13(3-5-14)8-16(11-22)24-20(27)10-17(26)12-23/h2-7,9,16-17,26H,8,10,12,23H2,1H3,(H,24,27)/t16-,17+/m0/s1. The van der Waals surface area contributed by atoms with Gasteiger partial charge in [0.15, 0.2) is 5.58 Å². The van der Waals surface area contributed by atoms with Crippen LogP contribution in [0.2, 0.25) is 0 Å². The zero-order valence-corrected chi connectivity index (χ0v) is 16.0. The van der Waals surface area contributed by atoms with Gasteiger partial charge >= 0.3 is 5.76 Å². The average Bonchev–Trinajstić information content (AvgIpc) is 3.01. The summed E-state index contributed by atoms with van der Waals surface area (Å²) in [6.45, 7) is -0.00905. The molecule has 1 aromatic heterocycles. The minimum absolute atomic E-state index is 0.00905. The van der Waals surface area contributed by atoms with Gasteiger partial charge in [0.25, 0.3) is 0 Å². The van der Waals surface area contributed by atoms with Gasteiger partial charge < -0.3 is 20.6 Å². The van der Waals surface area contributed by atoms with Crippen LogP contribution in [0, 0.1) is 11.3 Å². The number of benzene rings is 2. The highest BCUT2D eigenvalue weighted by molar-refractivity contribution is 5.80. The number of aliphatic hydroxyl groups excluding tert-OH is 1. The molecule has 0 unspecified atom stereocenters. The molecule has 0 spiro atoms. The van der Waals surface area contributed by atoms with Crippen LogP contribution in [-0.2, 0) is 18.3 Å². The fourth-order valence-corrected chi connectivity index (χ4v) is 3.05. The van der Waals surface area contributed by atoms with Gasteiger partial charge in [-0.15, -0.1) is 0 Å². The van der Waals surface area contributed by atoms with Crippen LogP contribution >= 0.6 is 0 Å². The van der Waals surface area contributed by atoms with Crippen molar-refractivity contribution in [3.63, 3.8) is 0 Å². The molecule has 0 saturated carbocycles. The molecular formula is C21H22N4O4. The molecule has 0 bridgehead atoms. The van der Waals surface area contributed by atoms with Crippen LogP contribution in [0.3, 0.4) is 0 Å². The van der Waals surface area contributed by atoms with Gasteiger partial charge in [-0.1, -0.05) is 30.3 Å². The molecule has 0 aliphatic rings. The van der Waals surface area contributed by atoms with Crippen molar-refractivity contribution in [3.8, 4) is 17.2 Å². The van der Waals surface area contributed by atoms with Crippen molar-refractivity contribution >= 4 is 17.0 Å². The monoisotopic (exact) mass is 394 g/mol. The molecule has 0 aliphatic carbocycles. The van der Waals surface area contributed by atoms with Gasteiger partial charge in [0.2, 0.25) is 5.91 Å². The molecule has 8 nitrogen and oxygen atoms in total. The summed E-state index contributed by atoms with van der Waals surface area (Å²) >= 11 is 0. The lowest BCUT2D eigenvalue weighted by Crippen LogP contribution is -2.38. The Labute approximate surface area is 167 Å². The molecule has 4 N–H and O–H groups in total. The van der Waals surface area contributed by atoms with Crippen LogP contribution in [0.5, 0.6) is 0 Å². The van der Waals surface area contributed by atoms with Gasteiger partial charge in [0, 0.05) is 20.0 Å². The molecule has 3 rings (SSSR count). The van der Waals surface area contributed by atoms with E-state index >= 15 is 0 Å². The van der Waals surface area contributed by atoms with Crippen molar-refractivity contribution < 1.29 is 14.3 Å². The largest absolute Gasteiger partial charge is 0.419 e. The number of carbonyl (C=O) groups is 1. The summed E-state index contributed by atoms with van der Waals surface area (Å²) < 4.78 is 6.60. The second kappa shape index (κ2) is 8.73. The minimum Gasteiger partial charge on any atom is -0.408 e. The summed E-state index contributed by atoms with van der Waals surface area (Å²) in [7, 11) is 1.66. The first-order chi connectivity index (χ1) is 13.9. The van der Waals surface area contributed by atoms with Crippen LogP contribution in [-0.4, -0.2) is 34.3 Å². The molecule has 0 aliphatic heterocycles. The lowest BCUT2D eigenvalue weighted by molar-refractivity contribution is -0.123. The summed E-state index contributed by atoms with van der Waals surface area (Å²) in [4.78, 5) is 23.5. The van der Waals surface area contributed by atoms with Gasteiger partial charge in [-0.25, -0.2) is 4.79 Å². The molecule has 0 radical (unpaired) electrons. The predicted octanol–water partition coefficient (Wildman–Crippen LogP) is 1.06. The smallest absolute Gasteiger partial charge is 0.408 e. The average molecular weight is 394 g/mol. The number of nitrogens with zero attached hydrogens (tertiary/aromatic N) is 2. The normalized spacial score (nSPS) is 13.0. The number of rotatable bonds is 7. The summed E-state index contributed by atoms with van der Waals surface area (Å²) in [5.41, 5.74) is 9.31. The molecule has 2 aromatic carbocycles. The number of amides is 1. The van der Waals surface area contributed by atoms with E-state index in [0.29, 0.717) is 17.5 Å². The Morgan fingerprint density at radius 2 is 1.97 bits per heavy atom. The van der Waals surface area contributed by atoms with E-state index in [-0.39, 0.29) is 13.0 Å². The first kappa shape index (κ1) is 20.3. The quantitative estimate of drug-likeness (QED) is 0.548. The predicted molar refractivity (Wildman–Crippen MR) is 108 cm³/mol. The first-order valence-electron chi connectivity index (χ1n) is 9.17. The fraction of sp³-hybridized carbons (Fsp3) is 0.286. The summed E-state index contributed by atoms with van der Waals surface area (Å²) in [6, 6.07) is 14.5. The van der Waals surface area contributed by atoms with Crippen molar-refractivity contribution in [2.45, 2.75) is 25.0 Å². The van der Waals surface area contributed by atoms with Crippen LogP contribution < -0.4 is 16.8 Å². The Hall–Kier alpha value is -3.41. The number of aliphatic hydroxyl groups is 1. The van der Waals surface area contributed by atoms with E-state index in [9.17, 15) is 20.0 Å². The zero-order valence-electron chi connectivity index (χ0n) is 16.0. The number of aromatic nitrogens is 1. The number of hydrogen-bond acceptors (Lipinski definition) is 6. The van der Waals surface area contributed by atoms with Crippen LogP contribution in [0.1, 0.15) is 12.0 Å². The van der Waals surface area contributed by atoms with E-state index in [1.165, 1.54) is 4.57 Å². The number of oxazole rings is 1. The van der Waals surface area contributed by atoms with Gasteiger partial charge in [-0.3, -0.25) is 9.36 Å². The SMILES string of the molecule is Cn1c(=O)oc2ccc(-c3ccc(C[C@@H](C#N)NC(=O)C[C@@H](O)CN)cc3)cc21. The molecule has 29 heavy (non-hydrogen) atoms. The van der Waals surface area contributed by atoms with Crippen molar-refractivity contribution in [1.29, 1.82) is 5.26 Å². The molecule has 1 amide bonds. The molecule has 3 aromatic rings. The highest BCUT2D eigenvalue weighted by Gasteiger charge is 2.15. The second-order valence-corrected chi connectivity index (χ2v) is 6.85. The molecule has 1 heterocycles. The first-order valence-corrected chi connectivity index (χ1v) is 9.17. The maximum atomic E-state index is 11.8. The Morgan fingerprint density at radius 1 is 1.28 bits per heavy atom. The molecule has 2 atom stereocenters. The molecule has 0 fully saturated rings. The van der Waals surface area contributed by atoms with Crippen molar-refractivity contribution in [2.75, 3.05) is 6.54 Å². The van der Waals surface area contributed by atoms with Gasteiger partial charge in [0.1, 0.15) is 6.04 Å². The fourth-order valence-electron chi connectivity index (χ4n) is 3.05. The lowest BCUT2D eigenvalue weighted by Gasteiger charge is -2.14. The van der Waals surface area contributed by atoms with Crippen molar-refractivity contribution in [3.05, 3.63) is 58.6 Å². The van der Waals surface area contributed by atoms with Crippen LogP contribution in [0.15, 0.2) is 51.7 Å². The number of nitriles is 1. The van der Waals surface area contributed by atoms with Crippen molar-refractivity contribution in [1.82, 2.24) is 9.88 Å². The van der Waals surface area contributed by atoms with Crippen LogP contribution in [0.4, 0.5) is 0 Å². The third-order valence-electron chi connectivity index (χ3n) is 4.70. The topological polar surface area (TPSA) is 134 Å². The van der Waals surface area contributed by atoms with E-state index in [2.05, 4.69) is 11.4 Å². The Morgan fingerprint density at radius 3 is 2.62 bits per heavy atom. The summed E-state index contributed by atoms with van der Waals surface area (Å²) in [5, 5.41) is 21.3. The number of fused-ring (bicyclic) bond motifs is 1. The molecule has 8 heteroatoms. The van der Waals surface area contributed by atoms with Gasteiger partial charge in [0.05, 0.1) is 24.1 Å². The number of aryl methyl sites for hydroxylation is 1. The maximum Gasteiger partial charge on any atom is 0.419 e. The Bertz CT molecular complexity index is 1110. The summed E-state index contributed by atoms with van der Waals surface area (Å²) in [5.74, 6) is -0.818.